The minimum absolute atomic E-state index is 0.119. The van der Waals surface area contributed by atoms with Crippen LogP contribution in [0.4, 0.5) is 0 Å². The second kappa shape index (κ2) is 8.40. The average molecular weight is 297 g/mol. The molecule has 0 aliphatic carbocycles. The molecule has 0 spiro atoms. The Kier molecular flexibility index (Phi) is 7.20. The van der Waals surface area contributed by atoms with Gasteiger partial charge < -0.3 is 10.0 Å². The van der Waals surface area contributed by atoms with Crippen molar-refractivity contribution < 1.29 is 14.7 Å². The molecule has 0 aromatic heterocycles. The summed E-state index contributed by atoms with van der Waals surface area (Å²) in [5.41, 5.74) is -0.601. The van der Waals surface area contributed by atoms with Crippen LogP contribution in [0.25, 0.3) is 0 Å². The van der Waals surface area contributed by atoms with Crippen molar-refractivity contribution in [1.82, 2.24) is 4.90 Å². The number of carboxylic acid groups (broad SMARTS) is 1. The highest BCUT2D eigenvalue weighted by Crippen LogP contribution is 2.37. The molecule has 1 aliphatic heterocycles. The standard InChI is InChI=1S/C17H31NO3/c1-4-7-8-14(6-3)15(19)18-12-10-17(9-5-2,11-13-18)16(20)21/h14H,4-13H2,1-3H3,(H,20,21). The lowest BCUT2D eigenvalue weighted by Crippen LogP contribution is -2.48. The normalized spacial score (nSPS) is 19.3. The smallest absolute Gasteiger partial charge is 0.309 e. The van der Waals surface area contributed by atoms with Crippen molar-refractivity contribution in [3.63, 3.8) is 0 Å². The van der Waals surface area contributed by atoms with E-state index in [1.807, 2.05) is 11.8 Å². The molecule has 1 heterocycles. The fourth-order valence-electron chi connectivity index (χ4n) is 3.42. The van der Waals surface area contributed by atoms with Crippen molar-refractivity contribution in [2.75, 3.05) is 13.1 Å². The van der Waals surface area contributed by atoms with Crippen molar-refractivity contribution in [2.24, 2.45) is 11.3 Å². The molecule has 0 bridgehead atoms. The number of hydrogen-bond donors (Lipinski definition) is 1. The Labute approximate surface area is 128 Å². The maximum absolute atomic E-state index is 12.6. The van der Waals surface area contributed by atoms with Crippen LogP contribution in [0.3, 0.4) is 0 Å². The highest BCUT2D eigenvalue weighted by molar-refractivity contribution is 5.80. The SMILES string of the molecule is CCCCC(CC)C(=O)N1CCC(CCC)(C(=O)O)CC1. The van der Waals surface area contributed by atoms with Crippen LogP contribution in [0.2, 0.25) is 0 Å². The molecule has 0 saturated carbocycles. The number of hydrogen-bond acceptors (Lipinski definition) is 2. The lowest BCUT2D eigenvalue weighted by atomic mass is 9.75. The molecule has 0 aromatic rings. The molecular weight excluding hydrogens is 266 g/mol. The van der Waals surface area contributed by atoms with E-state index >= 15 is 0 Å². The zero-order valence-corrected chi connectivity index (χ0v) is 13.9. The first-order valence-electron chi connectivity index (χ1n) is 8.53. The number of aliphatic carboxylic acids is 1. The highest BCUT2D eigenvalue weighted by atomic mass is 16.4. The zero-order valence-electron chi connectivity index (χ0n) is 13.9. The topological polar surface area (TPSA) is 57.6 Å². The summed E-state index contributed by atoms with van der Waals surface area (Å²) in [7, 11) is 0. The molecule has 1 aliphatic rings. The number of rotatable bonds is 8. The van der Waals surface area contributed by atoms with Gasteiger partial charge in [-0.2, -0.15) is 0 Å². The first kappa shape index (κ1) is 18.0. The Morgan fingerprint density at radius 1 is 1.14 bits per heavy atom. The largest absolute Gasteiger partial charge is 0.481 e. The van der Waals surface area contributed by atoms with E-state index in [0.29, 0.717) is 25.9 Å². The van der Waals surface area contributed by atoms with E-state index in [1.165, 1.54) is 0 Å². The Morgan fingerprint density at radius 2 is 1.76 bits per heavy atom. The molecule has 4 nitrogen and oxygen atoms in total. The minimum Gasteiger partial charge on any atom is -0.481 e. The van der Waals surface area contributed by atoms with Gasteiger partial charge in [-0.3, -0.25) is 9.59 Å². The predicted octanol–water partition coefficient (Wildman–Crippen LogP) is 3.70. The fraction of sp³-hybridized carbons (Fsp3) is 0.882. The number of carbonyl (C=O) groups is 2. The second-order valence-corrected chi connectivity index (χ2v) is 6.41. The summed E-state index contributed by atoms with van der Waals surface area (Å²) < 4.78 is 0. The molecule has 1 fully saturated rings. The van der Waals surface area contributed by atoms with Crippen molar-refractivity contribution in [1.29, 1.82) is 0 Å². The van der Waals surface area contributed by atoms with E-state index in [0.717, 1.165) is 38.5 Å². The molecule has 4 heteroatoms. The van der Waals surface area contributed by atoms with Gasteiger partial charge in [0.2, 0.25) is 5.91 Å². The first-order valence-corrected chi connectivity index (χ1v) is 8.53. The van der Waals surface area contributed by atoms with Crippen LogP contribution in [-0.2, 0) is 9.59 Å². The summed E-state index contributed by atoms with van der Waals surface area (Å²) in [6.45, 7) is 7.45. The highest BCUT2D eigenvalue weighted by Gasteiger charge is 2.42. The third-order valence-corrected chi connectivity index (χ3v) is 4.96. The molecular formula is C17H31NO3. The van der Waals surface area contributed by atoms with Crippen molar-refractivity contribution >= 4 is 11.9 Å². The van der Waals surface area contributed by atoms with Gasteiger partial charge in [-0.1, -0.05) is 40.0 Å². The second-order valence-electron chi connectivity index (χ2n) is 6.41. The maximum Gasteiger partial charge on any atom is 0.309 e. The molecule has 21 heavy (non-hydrogen) atoms. The Hall–Kier alpha value is -1.06. The summed E-state index contributed by atoms with van der Waals surface area (Å²) >= 11 is 0. The van der Waals surface area contributed by atoms with Gasteiger partial charge in [0.25, 0.3) is 0 Å². The molecule has 1 rings (SSSR count). The number of carboxylic acids is 1. The summed E-state index contributed by atoms with van der Waals surface area (Å²) in [6, 6.07) is 0. The average Bonchev–Trinajstić information content (AvgIpc) is 2.48. The van der Waals surface area contributed by atoms with Crippen molar-refractivity contribution in [2.45, 2.75) is 72.1 Å². The number of amides is 1. The van der Waals surface area contributed by atoms with Gasteiger partial charge in [0.15, 0.2) is 0 Å². The number of piperidine rings is 1. The van der Waals surface area contributed by atoms with Crippen LogP contribution in [0.1, 0.15) is 72.1 Å². The molecule has 1 amide bonds. The maximum atomic E-state index is 12.6. The molecule has 1 saturated heterocycles. The van der Waals surface area contributed by atoms with Crippen molar-refractivity contribution in [3.8, 4) is 0 Å². The number of carbonyl (C=O) groups excluding carboxylic acids is 1. The lowest BCUT2D eigenvalue weighted by Gasteiger charge is -2.40. The Balaban J connectivity index is 2.61. The summed E-state index contributed by atoms with van der Waals surface area (Å²) in [5, 5.41) is 9.51. The van der Waals surface area contributed by atoms with Crippen molar-refractivity contribution in [3.05, 3.63) is 0 Å². The van der Waals surface area contributed by atoms with Gasteiger partial charge in [-0.05, 0) is 32.1 Å². The third kappa shape index (κ3) is 4.45. The zero-order chi connectivity index (χ0) is 15.9. The molecule has 1 unspecified atom stereocenters. The van der Waals surface area contributed by atoms with Gasteiger partial charge in [-0.25, -0.2) is 0 Å². The molecule has 1 atom stereocenters. The van der Waals surface area contributed by atoms with Crippen LogP contribution >= 0.6 is 0 Å². The van der Waals surface area contributed by atoms with Gasteiger partial charge >= 0.3 is 5.97 Å². The van der Waals surface area contributed by atoms with Crippen LogP contribution in [-0.4, -0.2) is 35.0 Å². The monoisotopic (exact) mass is 297 g/mol. The van der Waals surface area contributed by atoms with E-state index in [9.17, 15) is 14.7 Å². The Bertz CT molecular complexity index is 346. The first-order chi connectivity index (χ1) is 10.0. The quantitative estimate of drug-likeness (QED) is 0.743. The van der Waals surface area contributed by atoms with E-state index in [-0.39, 0.29) is 11.8 Å². The van der Waals surface area contributed by atoms with Gasteiger partial charge in [-0.15, -0.1) is 0 Å². The molecule has 1 N–H and O–H groups in total. The summed E-state index contributed by atoms with van der Waals surface area (Å²) in [6.07, 6.45) is 6.86. The van der Waals surface area contributed by atoms with Crippen LogP contribution in [0.5, 0.6) is 0 Å². The van der Waals surface area contributed by atoms with Gasteiger partial charge in [0.05, 0.1) is 5.41 Å². The van der Waals surface area contributed by atoms with E-state index in [4.69, 9.17) is 0 Å². The fourth-order valence-corrected chi connectivity index (χ4v) is 3.42. The molecule has 122 valence electrons. The predicted molar refractivity (Wildman–Crippen MR) is 84.1 cm³/mol. The summed E-state index contributed by atoms with van der Waals surface area (Å²) in [4.78, 5) is 26.0. The summed E-state index contributed by atoms with van der Waals surface area (Å²) in [5.74, 6) is -0.329. The van der Waals surface area contributed by atoms with Gasteiger partial charge in [0.1, 0.15) is 0 Å². The minimum atomic E-state index is -0.686. The van der Waals surface area contributed by atoms with E-state index in [2.05, 4.69) is 13.8 Å². The van der Waals surface area contributed by atoms with Crippen LogP contribution in [0, 0.1) is 11.3 Å². The number of likely N-dealkylation sites (tertiary alicyclic amines) is 1. The number of nitrogens with zero attached hydrogens (tertiary/aromatic N) is 1. The Morgan fingerprint density at radius 3 is 2.19 bits per heavy atom. The van der Waals surface area contributed by atoms with Gasteiger partial charge in [0, 0.05) is 19.0 Å². The number of unbranched alkanes of at least 4 members (excludes halogenated alkanes) is 1. The molecule has 0 aromatic carbocycles. The van der Waals surface area contributed by atoms with E-state index in [1.54, 1.807) is 0 Å². The third-order valence-electron chi connectivity index (χ3n) is 4.96. The van der Waals surface area contributed by atoms with Crippen LogP contribution < -0.4 is 0 Å². The van der Waals surface area contributed by atoms with Crippen LogP contribution in [0.15, 0.2) is 0 Å². The lowest BCUT2D eigenvalue weighted by molar-refractivity contribution is -0.155. The van der Waals surface area contributed by atoms with E-state index < -0.39 is 11.4 Å². The molecule has 0 radical (unpaired) electrons.